The molecule has 1 fully saturated rings. The highest BCUT2D eigenvalue weighted by molar-refractivity contribution is 7.99. The molecule has 8 heteroatoms. The molecule has 1 aliphatic rings. The Morgan fingerprint density at radius 3 is 3.06 bits per heavy atom. The topological polar surface area (TPSA) is 107 Å². The van der Waals surface area contributed by atoms with Gasteiger partial charge in [0.05, 0.1) is 4.92 Å². The number of nitrogens with one attached hydrogen (secondary N) is 1. The molecule has 0 aromatic carbocycles. The quantitative estimate of drug-likeness (QED) is 0.618. The molecule has 1 atom stereocenters. The summed E-state index contributed by atoms with van der Waals surface area (Å²) in [6, 6.07) is 0.314. The van der Waals surface area contributed by atoms with Crippen molar-refractivity contribution >= 4 is 29.2 Å². The molecule has 0 saturated carbocycles. The Morgan fingerprint density at radius 1 is 1.65 bits per heavy atom. The molecule has 0 unspecified atom stereocenters. The Labute approximate surface area is 102 Å². The van der Waals surface area contributed by atoms with E-state index in [0.29, 0.717) is 12.0 Å². The Hall–Kier alpha value is -1.57. The molecule has 0 amide bonds. The Bertz CT molecular complexity index is 422. The number of nitro groups is 1. The van der Waals surface area contributed by atoms with E-state index in [1.807, 2.05) is 11.8 Å². The minimum Gasteiger partial charge on any atom is -0.378 e. The van der Waals surface area contributed by atoms with E-state index >= 15 is 0 Å². The van der Waals surface area contributed by atoms with Crippen LogP contribution < -0.4 is 11.1 Å². The molecule has 0 bridgehead atoms. The lowest BCUT2D eigenvalue weighted by atomic mass is 10.2. The first-order valence-electron chi connectivity index (χ1n) is 5.28. The standard InChI is InChI=1S/C9H13N5O2S/c10-8-7(14(15)16)4-11-9(13-8)12-6-2-1-3-17-5-6/h4,6H,1-3,5H2,(H3,10,11,12,13)/t6-/m0/s1. The molecular weight excluding hydrogens is 242 g/mol. The summed E-state index contributed by atoms with van der Waals surface area (Å²) in [6.45, 7) is 0. The third-order valence-corrected chi connectivity index (χ3v) is 3.70. The van der Waals surface area contributed by atoms with Gasteiger partial charge in [0.2, 0.25) is 11.8 Å². The minimum absolute atomic E-state index is 0.101. The summed E-state index contributed by atoms with van der Waals surface area (Å²) in [5.74, 6) is 2.44. The number of anilines is 2. The van der Waals surface area contributed by atoms with Gasteiger partial charge in [-0.15, -0.1) is 0 Å². The second-order valence-corrected chi connectivity index (χ2v) is 4.93. The first kappa shape index (κ1) is 11.9. The molecule has 7 nitrogen and oxygen atoms in total. The van der Waals surface area contributed by atoms with E-state index in [1.54, 1.807) is 0 Å². The van der Waals surface area contributed by atoms with Crippen LogP contribution in [0.15, 0.2) is 6.20 Å². The van der Waals surface area contributed by atoms with Crippen LogP contribution in [0.25, 0.3) is 0 Å². The van der Waals surface area contributed by atoms with Gasteiger partial charge < -0.3 is 11.1 Å². The summed E-state index contributed by atoms with van der Waals surface area (Å²) in [6.07, 6.45) is 3.36. The van der Waals surface area contributed by atoms with E-state index in [0.717, 1.165) is 24.8 Å². The van der Waals surface area contributed by atoms with Crippen molar-refractivity contribution in [3.63, 3.8) is 0 Å². The van der Waals surface area contributed by atoms with Crippen LogP contribution in [-0.2, 0) is 0 Å². The molecular formula is C9H13N5O2S. The van der Waals surface area contributed by atoms with Crippen LogP contribution in [0, 0.1) is 10.1 Å². The molecule has 0 spiro atoms. The second kappa shape index (κ2) is 5.17. The maximum Gasteiger partial charge on any atom is 0.329 e. The Balaban J connectivity index is 2.06. The molecule has 3 N–H and O–H groups in total. The van der Waals surface area contributed by atoms with E-state index in [2.05, 4.69) is 15.3 Å². The van der Waals surface area contributed by atoms with E-state index in [-0.39, 0.29) is 11.5 Å². The van der Waals surface area contributed by atoms with Crippen LogP contribution in [0.5, 0.6) is 0 Å². The third-order valence-electron chi connectivity index (χ3n) is 2.49. The van der Waals surface area contributed by atoms with Gasteiger partial charge in [0.1, 0.15) is 6.20 Å². The number of nitrogens with zero attached hydrogens (tertiary/aromatic N) is 3. The molecule has 1 aromatic heterocycles. The van der Waals surface area contributed by atoms with Crippen molar-refractivity contribution < 1.29 is 4.92 Å². The van der Waals surface area contributed by atoms with Crippen LogP contribution in [0.2, 0.25) is 0 Å². The fraction of sp³-hybridized carbons (Fsp3) is 0.556. The molecule has 1 aromatic rings. The summed E-state index contributed by atoms with van der Waals surface area (Å²) in [4.78, 5) is 17.8. The molecule has 1 aliphatic heterocycles. The van der Waals surface area contributed by atoms with Crippen molar-refractivity contribution in [2.45, 2.75) is 18.9 Å². The average molecular weight is 255 g/mol. The monoisotopic (exact) mass is 255 g/mol. The zero-order valence-electron chi connectivity index (χ0n) is 9.13. The predicted molar refractivity (Wildman–Crippen MR) is 67.1 cm³/mol. The van der Waals surface area contributed by atoms with E-state index in [4.69, 9.17) is 5.73 Å². The van der Waals surface area contributed by atoms with Crippen LogP contribution >= 0.6 is 11.8 Å². The minimum atomic E-state index is -0.588. The van der Waals surface area contributed by atoms with Crippen molar-refractivity contribution in [1.82, 2.24) is 9.97 Å². The van der Waals surface area contributed by atoms with Gasteiger partial charge in [-0.2, -0.15) is 16.7 Å². The molecule has 0 radical (unpaired) electrons. The molecule has 17 heavy (non-hydrogen) atoms. The van der Waals surface area contributed by atoms with Crippen molar-refractivity contribution in [3.8, 4) is 0 Å². The van der Waals surface area contributed by atoms with E-state index in [1.165, 1.54) is 5.75 Å². The molecule has 2 heterocycles. The zero-order chi connectivity index (χ0) is 12.3. The smallest absolute Gasteiger partial charge is 0.329 e. The van der Waals surface area contributed by atoms with Gasteiger partial charge in [-0.3, -0.25) is 10.1 Å². The summed E-state index contributed by atoms with van der Waals surface area (Å²) in [5, 5.41) is 13.7. The summed E-state index contributed by atoms with van der Waals surface area (Å²) in [5.41, 5.74) is 5.23. The lowest BCUT2D eigenvalue weighted by molar-refractivity contribution is -0.384. The fourth-order valence-corrected chi connectivity index (χ4v) is 2.71. The first-order chi connectivity index (χ1) is 8.16. The lowest BCUT2D eigenvalue weighted by Gasteiger charge is -2.22. The largest absolute Gasteiger partial charge is 0.378 e. The second-order valence-electron chi connectivity index (χ2n) is 3.78. The lowest BCUT2D eigenvalue weighted by Crippen LogP contribution is -2.26. The van der Waals surface area contributed by atoms with Gasteiger partial charge in [-0.25, -0.2) is 4.98 Å². The fourth-order valence-electron chi connectivity index (χ4n) is 1.64. The van der Waals surface area contributed by atoms with Gasteiger partial charge >= 0.3 is 5.69 Å². The van der Waals surface area contributed by atoms with E-state index < -0.39 is 4.92 Å². The number of hydrogen-bond acceptors (Lipinski definition) is 7. The molecule has 1 saturated heterocycles. The molecule has 0 aliphatic carbocycles. The number of nitrogens with two attached hydrogens (primary N) is 1. The van der Waals surface area contributed by atoms with Crippen molar-refractivity contribution in [1.29, 1.82) is 0 Å². The SMILES string of the molecule is Nc1nc(N[C@H]2CCCSC2)ncc1[N+](=O)[O-]. The highest BCUT2D eigenvalue weighted by atomic mass is 32.2. The third kappa shape index (κ3) is 2.96. The summed E-state index contributed by atoms with van der Waals surface area (Å²) >= 11 is 1.88. The number of aromatic nitrogens is 2. The van der Waals surface area contributed by atoms with Crippen molar-refractivity contribution in [2.24, 2.45) is 0 Å². The van der Waals surface area contributed by atoms with E-state index in [9.17, 15) is 10.1 Å². The van der Waals surface area contributed by atoms with Gasteiger partial charge in [-0.05, 0) is 18.6 Å². The van der Waals surface area contributed by atoms with Gasteiger partial charge in [-0.1, -0.05) is 0 Å². The number of nitrogen functional groups attached to an aromatic ring is 1. The van der Waals surface area contributed by atoms with Gasteiger partial charge in [0, 0.05) is 11.8 Å². The number of rotatable bonds is 3. The van der Waals surface area contributed by atoms with Gasteiger partial charge in [0.25, 0.3) is 0 Å². The maximum absolute atomic E-state index is 10.5. The highest BCUT2D eigenvalue weighted by Gasteiger charge is 2.17. The van der Waals surface area contributed by atoms with Crippen LogP contribution in [-0.4, -0.2) is 32.4 Å². The Kier molecular flexibility index (Phi) is 3.62. The highest BCUT2D eigenvalue weighted by Crippen LogP contribution is 2.22. The summed E-state index contributed by atoms with van der Waals surface area (Å²) in [7, 11) is 0. The predicted octanol–water partition coefficient (Wildman–Crippen LogP) is 1.27. The first-order valence-corrected chi connectivity index (χ1v) is 6.43. The van der Waals surface area contributed by atoms with Gasteiger partial charge in [0.15, 0.2) is 0 Å². The van der Waals surface area contributed by atoms with Crippen molar-refractivity contribution in [3.05, 3.63) is 16.3 Å². The normalized spacial score (nSPS) is 19.9. The zero-order valence-corrected chi connectivity index (χ0v) is 9.94. The number of thioether (sulfide) groups is 1. The molecule has 92 valence electrons. The molecule has 2 rings (SSSR count). The maximum atomic E-state index is 10.5. The van der Waals surface area contributed by atoms with Crippen LogP contribution in [0.3, 0.4) is 0 Å². The van der Waals surface area contributed by atoms with Crippen molar-refractivity contribution in [2.75, 3.05) is 22.6 Å². The van der Waals surface area contributed by atoms with Crippen LogP contribution in [0.1, 0.15) is 12.8 Å². The average Bonchev–Trinajstić information content (AvgIpc) is 2.30. The Morgan fingerprint density at radius 2 is 2.47 bits per heavy atom. The summed E-state index contributed by atoms with van der Waals surface area (Å²) < 4.78 is 0. The number of hydrogen-bond donors (Lipinski definition) is 2. The van der Waals surface area contributed by atoms with Crippen LogP contribution in [0.4, 0.5) is 17.5 Å².